The van der Waals surface area contributed by atoms with Crippen LogP contribution in [0.2, 0.25) is 0 Å². The highest BCUT2D eigenvalue weighted by molar-refractivity contribution is 5.77. The van der Waals surface area contributed by atoms with Gasteiger partial charge < -0.3 is 14.2 Å². The van der Waals surface area contributed by atoms with Crippen LogP contribution in [0.1, 0.15) is 44.2 Å². The minimum atomic E-state index is -0.719. The number of esters is 1. The van der Waals surface area contributed by atoms with Gasteiger partial charge in [0.1, 0.15) is 17.6 Å². The molecule has 5 heteroatoms. The van der Waals surface area contributed by atoms with E-state index < -0.39 is 17.9 Å². The lowest BCUT2D eigenvalue weighted by molar-refractivity contribution is -0.168. The van der Waals surface area contributed by atoms with E-state index in [4.69, 9.17) is 14.2 Å². The van der Waals surface area contributed by atoms with Crippen molar-refractivity contribution < 1.29 is 19.0 Å². The predicted molar refractivity (Wildman–Crippen MR) is 98.8 cm³/mol. The molecule has 1 unspecified atom stereocenters. The third kappa shape index (κ3) is 4.23. The summed E-state index contributed by atoms with van der Waals surface area (Å²) in [6.45, 7) is 5.56. The maximum atomic E-state index is 12.7. The third-order valence-corrected chi connectivity index (χ3v) is 4.13. The number of benzene rings is 2. The fraction of sp³-hybridized carbons (Fsp3) is 0.381. The van der Waals surface area contributed by atoms with Crippen molar-refractivity contribution in [1.29, 1.82) is 0 Å². The molecule has 3 rings (SSSR count). The monoisotopic (exact) mass is 355 g/mol. The molecule has 1 heterocycles. The van der Waals surface area contributed by atoms with Crippen LogP contribution in [0.5, 0.6) is 5.75 Å². The predicted octanol–water partition coefficient (Wildman–Crippen LogP) is 3.77. The summed E-state index contributed by atoms with van der Waals surface area (Å²) in [5.74, 6) is 0.407. The molecule has 0 radical (unpaired) electrons. The summed E-state index contributed by atoms with van der Waals surface area (Å²) in [5, 5.41) is 3.41. The number of carbonyl (C=O) groups excluding carboxylic acids is 1. The van der Waals surface area contributed by atoms with Crippen molar-refractivity contribution in [3.05, 3.63) is 65.7 Å². The van der Waals surface area contributed by atoms with E-state index in [2.05, 4.69) is 5.32 Å². The van der Waals surface area contributed by atoms with Crippen LogP contribution in [-0.4, -0.2) is 24.8 Å². The van der Waals surface area contributed by atoms with Crippen LogP contribution in [0.15, 0.2) is 54.6 Å². The van der Waals surface area contributed by atoms with Gasteiger partial charge in [-0.3, -0.25) is 5.32 Å². The summed E-state index contributed by atoms with van der Waals surface area (Å²) in [6, 6.07) is 17.1. The molecule has 1 N–H and O–H groups in total. The Morgan fingerprint density at radius 2 is 1.65 bits per heavy atom. The number of hydrogen-bond acceptors (Lipinski definition) is 5. The minimum absolute atomic E-state index is 0.279. The quantitative estimate of drug-likeness (QED) is 0.846. The van der Waals surface area contributed by atoms with Gasteiger partial charge in [-0.15, -0.1) is 0 Å². The molecule has 26 heavy (non-hydrogen) atoms. The van der Waals surface area contributed by atoms with Gasteiger partial charge in [-0.2, -0.15) is 0 Å². The zero-order valence-corrected chi connectivity index (χ0v) is 15.6. The second kappa shape index (κ2) is 7.48. The highest BCUT2D eigenvalue weighted by atomic mass is 16.6. The number of rotatable bonds is 4. The van der Waals surface area contributed by atoms with E-state index in [0.29, 0.717) is 0 Å². The maximum Gasteiger partial charge on any atom is 0.337 e. The van der Waals surface area contributed by atoms with Crippen molar-refractivity contribution in [2.24, 2.45) is 0 Å². The summed E-state index contributed by atoms with van der Waals surface area (Å²) in [4.78, 5) is 12.7. The molecule has 1 aliphatic heterocycles. The number of ether oxygens (including phenoxy) is 3. The van der Waals surface area contributed by atoms with Gasteiger partial charge in [-0.1, -0.05) is 42.5 Å². The summed E-state index contributed by atoms with van der Waals surface area (Å²) in [7, 11) is 1.63. The Morgan fingerprint density at radius 1 is 1.00 bits per heavy atom. The summed E-state index contributed by atoms with van der Waals surface area (Å²) < 4.78 is 16.8. The molecule has 2 aromatic rings. The molecule has 138 valence electrons. The largest absolute Gasteiger partial charge is 0.497 e. The van der Waals surface area contributed by atoms with Gasteiger partial charge >= 0.3 is 5.97 Å². The second-order valence-electron chi connectivity index (χ2n) is 7.30. The first-order chi connectivity index (χ1) is 12.4. The molecular weight excluding hydrogens is 330 g/mol. The van der Waals surface area contributed by atoms with Crippen molar-refractivity contribution >= 4 is 5.97 Å². The highest BCUT2D eigenvalue weighted by Gasteiger charge is 2.42. The van der Waals surface area contributed by atoms with Crippen LogP contribution in [-0.2, 0) is 14.3 Å². The lowest BCUT2D eigenvalue weighted by atomic mass is 10.0. The Morgan fingerprint density at radius 3 is 2.23 bits per heavy atom. The number of methoxy groups -OCH3 is 1. The van der Waals surface area contributed by atoms with E-state index in [0.717, 1.165) is 16.9 Å². The molecule has 1 aliphatic rings. The topological polar surface area (TPSA) is 56.8 Å². The third-order valence-electron chi connectivity index (χ3n) is 4.13. The average Bonchev–Trinajstić information content (AvgIpc) is 3.07. The van der Waals surface area contributed by atoms with Gasteiger partial charge in [0.2, 0.25) is 0 Å². The first-order valence-corrected chi connectivity index (χ1v) is 8.70. The van der Waals surface area contributed by atoms with Crippen molar-refractivity contribution in [3.63, 3.8) is 0 Å². The summed E-state index contributed by atoms with van der Waals surface area (Å²) in [5.41, 5.74) is 1.34. The van der Waals surface area contributed by atoms with Crippen LogP contribution in [0.4, 0.5) is 0 Å². The second-order valence-corrected chi connectivity index (χ2v) is 7.30. The molecule has 5 nitrogen and oxygen atoms in total. The van der Waals surface area contributed by atoms with E-state index in [1.807, 2.05) is 75.4 Å². The Kier molecular flexibility index (Phi) is 5.30. The molecule has 2 aromatic carbocycles. The molecular formula is C21H25NO4. The van der Waals surface area contributed by atoms with Gasteiger partial charge in [-0.25, -0.2) is 4.79 Å². The van der Waals surface area contributed by atoms with E-state index in [9.17, 15) is 4.79 Å². The Balaban J connectivity index is 1.86. The van der Waals surface area contributed by atoms with Crippen LogP contribution >= 0.6 is 0 Å². The average molecular weight is 355 g/mol. The van der Waals surface area contributed by atoms with Crippen LogP contribution in [0.3, 0.4) is 0 Å². The van der Waals surface area contributed by atoms with Gasteiger partial charge in [-0.05, 0) is 44.0 Å². The normalized spacial score (nSPS) is 22.8. The minimum Gasteiger partial charge on any atom is -0.497 e. The molecule has 0 aromatic heterocycles. The van der Waals surface area contributed by atoms with E-state index >= 15 is 0 Å². The summed E-state index contributed by atoms with van der Waals surface area (Å²) >= 11 is 0. The smallest absolute Gasteiger partial charge is 0.337 e. The molecule has 0 amide bonds. The molecule has 1 fully saturated rings. The molecule has 0 spiro atoms. The number of carbonyl (C=O) groups is 1. The molecule has 0 bridgehead atoms. The van der Waals surface area contributed by atoms with E-state index in [1.54, 1.807) is 7.11 Å². The lowest BCUT2D eigenvalue weighted by Gasteiger charge is -2.24. The molecule has 1 saturated heterocycles. The van der Waals surface area contributed by atoms with E-state index in [-0.39, 0.29) is 12.0 Å². The van der Waals surface area contributed by atoms with Crippen molar-refractivity contribution in [3.8, 4) is 5.75 Å². The van der Waals surface area contributed by atoms with Crippen LogP contribution in [0, 0.1) is 0 Å². The first-order valence-electron chi connectivity index (χ1n) is 8.70. The zero-order chi connectivity index (χ0) is 18.7. The fourth-order valence-electron chi connectivity index (χ4n) is 2.95. The van der Waals surface area contributed by atoms with Crippen LogP contribution < -0.4 is 10.1 Å². The lowest BCUT2D eigenvalue weighted by Crippen LogP contribution is -2.35. The van der Waals surface area contributed by atoms with Crippen molar-refractivity contribution in [2.75, 3.05) is 7.11 Å². The number of hydrogen-bond donors (Lipinski definition) is 1. The van der Waals surface area contributed by atoms with Gasteiger partial charge in [0, 0.05) is 0 Å². The van der Waals surface area contributed by atoms with Crippen LogP contribution in [0.25, 0.3) is 0 Å². The summed E-state index contributed by atoms with van der Waals surface area (Å²) in [6.07, 6.45) is -1.12. The zero-order valence-electron chi connectivity index (χ0n) is 15.6. The Bertz CT molecular complexity index is 737. The maximum absolute atomic E-state index is 12.7. The molecule has 0 aliphatic carbocycles. The van der Waals surface area contributed by atoms with Gasteiger partial charge in [0.15, 0.2) is 6.10 Å². The van der Waals surface area contributed by atoms with Crippen molar-refractivity contribution in [2.45, 2.75) is 44.7 Å². The van der Waals surface area contributed by atoms with E-state index in [1.165, 1.54) is 0 Å². The first kappa shape index (κ1) is 18.4. The highest BCUT2D eigenvalue weighted by Crippen LogP contribution is 2.35. The molecule has 0 saturated carbocycles. The SMILES string of the molecule is COc1ccc(C2N[C@@H](c3ccccc3)[C@@H](C(=O)OC(C)(C)C)O2)cc1. The fourth-order valence-corrected chi connectivity index (χ4v) is 2.95. The van der Waals surface area contributed by atoms with Gasteiger partial charge in [0.25, 0.3) is 0 Å². The molecule has 3 atom stereocenters. The standard InChI is InChI=1S/C21H25NO4/c1-21(2,3)26-20(23)18-17(14-8-6-5-7-9-14)22-19(25-18)15-10-12-16(24-4)13-11-15/h5-13,17-19,22H,1-4H3/t17-,18-,19?/m0/s1. The van der Waals surface area contributed by atoms with Crippen molar-refractivity contribution in [1.82, 2.24) is 5.32 Å². The van der Waals surface area contributed by atoms with Gasteiger partial charge in [0.05, 0.1) is 13.2 Å². The Labute approximate surface area is 154 Å². The Hall–Kier alpha value is -2.37. The number of nitrogens with one attached hydrogen (secondary N) is 1.